The van der Waals surface area contributed by atoms with E-state index in [1.807, 2.05) is 6.92 Å². The highest BCUT2D eigenvalue weighted by molar-refractivity contribution is 5.51. The van der Waals surface area contributed by atoms with Crippen LogP contribution in [0.5, 0.6) is 17.2 Å². The maximum absolute atomic E-state index is 9.15. The highest BCUT2D eigenvalue weighted by Crippen LogP contribution is 2.35. The van der Waals surface area contributed by atoms with Gasteiger partial charge < -0.3 is 15.3 Å². The smallest absolute Gasteiger partial charge is 0.200 e. The zero-order valence-corrected chi connectivity index (χ0v) is 7.41. The Balaban J connectivity index is 3.06. The first kappa shape index (κ1) is 9.45. The summed E-state index contributed by atoms with van der Waals surface area (Å²) in [6, 6.07) is 2.81. The SMILES string of the molecule is C=C(C)Cc1cc(O)c(O)c(O)c1. The molecule has 0 unspecified atom stereocenters. The van der Waals surface area contributed by atoms with Gasteiger partial charge in [0.1, 0.15) is 0 Å². The molecular formula is C10H12O3. The van der Waals surface area contributed by atoms with Crippen LogP contribution in [0.2, 0.25) is 0 Å². The molecule has 3 heteroatoms. The lowest BCUT2D eigenvalue weighted by Crippen LogP contribution is -1.85. The fourth-order valence-electron chi connectivity index (χ4n) is 1.11. The summed E-state index contributed by atoms with van der Waals surface area (Å²) < 4.78 is 0. The molecule has 0 aliphatic heterocycles. The lowest BCUT2D eigenvalue weighted by Gasteiger charge is -2.05. The average Bonchev–Trinajstić information content (AvgIpc) is 1.98. The first-order chi connectivity index (χ1) is 6.00. The van der Waals surface area contributed by atoms with Gasteiger partial charge in [-0.1, -0.05) is 12.2 Å². The molecule has 0 bridgehead atoms. The van der Waals surface area contributed by atoms with Crippen molar-refractivity contribution in [2.45, 2.75) is 13.3 Å². The number of hydrogen-bond donors (Lipinski definition) is 3. The van der Waals surface area contributed by atoms with Crippen molar-refractivity contribution in [1.29, 1.82) is 0 Å². The Kier molecular flexibility index (Phi) is 2.46. The van der Waals surface area contributed by atoms with Crippen molar-refractivity contribution in [3.05, 3.63) is 29.8 Å². The van der Waals surface area contributed by atoms with Gasteiger partial charge in [-0.2, -0.15) is 0 Å². The van der Waals surface area contributed by atoms with Crippen molar-refractivity contribution in [2.75, 3.05) is 0 Å². The van der Waals surface area contributed by atoms with E-state index < -0.39 is 5.75 Å². The minimum atomic E-state index is -0.481. The van der Waals surface area contributed by atoms with Gasteiger partial charge in [0, 0.05) is 0 Å². The Hall–Kier alpha value is -1.64. The zero-order chi connectivity index (χ0) is 10.0. The van der Waals surface area contributed by atoms with Crippen LogP contribution >= 0.6 is 0 Å². The molecule has 0 amide bonds. The molecule has 0 fully saturated rings. The van der Waals surface area contributed by atoms with Crippen molar-refractivity contribution in [3.8, 4) is 17.2 Å². The molecule has 70 valence electrons. The number of aromatic hydroxyl groups is 3. The second-order valence-electron chi connectivity index (χ2n) is 3.12. The lowest BCUT2D eigenvalue weighted by atomic mass is 10.1. The van der Waals surface area contributed by atoms with Gasteiger partial charge in [-0.15, -0.1) is 0 Å². The molecule has 0 heterocycles. The second kappa shape index (κ2) is 3.39. The third kappa shape index (κ3) is 2.15. The maximum atomic E-state index is 9.15. The Morgan fingerprint density at radius 3 is 2.08 bits per heavy atom. The van der Waals surface area contributed by atoms with E-state index in [0.29, 0.717) is 6.42 Å². The van der Waals surface area contributed by atoms with Gasteiger partial charge in [-0.05, 0) is 31.0 Å². The summed E-state index contributed by atoms with van der Waals surface area (Å²) >= 11 is 0. The molecule has 0 saturated heterocycles. The molecule has 13 heavy (non-hydrogen) atoms. The van der Waals surface area contributed by atoms with E-state index in [4.69, 9.17) is 15.3 Å². The maximum Gasteiger partial charge on any atom is 0.200 e. The number of benzene rings is 1. The molecule has 0 saturated carbocycles. The number of phenolic OH excluding ortho intramolecular Hbond substituents is 3. The third-order valence-electron chi connectivity index (χ3n) is 1.64. The van der Waals surface area contributed by atoms with Gasteiger partial charge in [0.15, 0.2) is 17.2 Å². The predicted octanol–water partition coefficient (Wildman–Crippen LogP) is 1.92. The van der Waals surface area contributed by atoms with E-state index in [0.717, 1.165) is 11.1 Å². The van der Waals surface area contributed by atoms with E-state index in [9.17, 15) is 0 Å². The van der Waals surface area contributed by atoms with Crippen LogP contribution in [-0.2, 0) is 6.42 Å². The molecule has 0 aliphatic rings. The van der Waals surface area contributed by atoms with Gasteiger partial charge in [0.25, 0.3) is 0 Å². The van der Waals surface area contributed by atoms with E-state index in [1.54, 1.807) is 0 Å². The first-order valence-corrected chi connectivity index (χ1v) is 3.89. The van der Waals surface area contributed by atoms with Gasteiger partial charge in [-0.25, -0.2) is 0 Å². The van der Waals surface area contributed by atoms with Crippen LogP contribution in [0.15, 0.2) is 24.3 Å². The van der Waals surface area contributed by atoms with Gasteiger partial charge in [-0.3, -0.25) is 0 Å². The quantitative estimate of drug-likeness (QED) is 0.481. The van der Waals surface area contributed by atoms with Crippen LogP contribution in [0.1, 0.15) is 12.5 Å². The molecule has 1 rings (SSSR count). The highest BCUT2D eigenvalue weighted by atomic mass is 16.3. The third-order valence-corrected chi connectivity index (χ3v) is 1.64. The van der Waals surface area contributed by atoms with Crippen molar-refractivity contribution < 1.29 is 15.3 Å². The molecular weight excluding hydrogens is 168 g/mol. The predicted molar refractivity (Wildman–Crippen MR) is 50.0 cm³/mol. The number of phenols is 3. The van der Waals surface area contributed by atoms with Crippen molar-refractivity contribution in [2.24, 2.45) is 0 Å². The van der Waals surface area contributed by atoms with Crippen molar-refractivity contribution >= 4 is 0 Å². The molecule has 3 nitrogen and oxygen atoms in total. The van der Waals surface area contributed by atoms with E-state index >= 15 is 0 Å². The minimum Gasteiger partial charge on any atom is -0.504 e. The summed E-state index contributed by atoms with van der Waals surface area (Å²) in [5.41, 5.74) is 1.64. The van der Waals surface area contributed by atoms with Crippen LogP contribution in [0.25, 0.3) is 0 Å². The average molecular weight is 180 g/mol. The van der Waals surface area contributed by atoms with Crippen molar-refractivity contribution in [1.82, 2.24) is 0 Å². The van der Waals surface area contributed by atoms with Crippen LogP contribution in [-0.4, -0.2) is 15.3 Å². The molecule has 3 N–H and O–H groups in total. The molecule has 0 aliphatic carbocycles. The summed E-state index contributed by atoms with van der Waals surface area (Å²) in [4.78, 5) is 0. The normalized spacial score (nSPS) is 9.92. The topological polar surface area (TPSA) is 60.7 Å². The number of allylic oxidation sites excluding steroid dienone is 1. The fraction of sp³-hybridized carbons (Fsp3) is 0.200. The Labute approximate surface area is 76.6 Å². The van der Waals surface area contributed by atoms with E-state index in [1.165, 1.54) is 12.1 Å². The van der Waals surface area contributed by atoms with Crippen LogP contribution < -0.4 is 0 Å². The summed E-state index contributed by atoms with van der Waals surface area (Å²) in [6.45, 7) is 5.55. The van der Waals surface area contributed by atoms with Crippen LogP contribution in [0, 0.1) is 0 Å². The Morgan fingerprint density at radius 2 is 1.69 bits per heavy atom. The zero-order valence-electron chi connectivity index (χ0n) is 7.41. The van der Waals surface area contributed by atoms with Crippen LogP contribution in [0.3, 0.4) is 0 Å². The lowest BCUT2D eigenvalue weighted by molar-refractivity contribution is 0.367. The minimum absolute atomic E-state index is 0.309. The fourth-order valence-corrected chi connectivity index (χ4v) is 1.11. The standard InChI is InChI=1S/C10H12O3/c1-6(2)3-7-4-8(11)10(13)9(12)5-7/h4-5,11-13H,1,3H2,2H3. The summed E-state index contributed by atoms with van der Waals surface area (Å²) in [5.74, 6) is -1.10. The van der Waals surface area contributed by atoms with E-state index in [-0.39, 0.29) is 11.5 Å². The summed E-state index contributed by atoms with van der Waals surface area (Å²) in [6.07, 6.45) is 0.571. The van der Waals surface area contributed by atoms with Gasteiger partial charge in [0.05, 0.1) is 0 Å². The summed E-state index contributed by atoms with van der Waals surface area (Å²) in [5, 5.41) is 27.4. The molecule has 0 atom stereocenters. The summed E-state index contributed by atoms with van der Waals surface area (Å²) in [7, 11) is 0. The van der Waals surface area contributed by atoms with Crippen molar-refractivity contribution in [3.63, 3.8) is 0 Å². The Morgan fingerprint density at radius 1 is 1.23 bits per heavy atom. The largest absolute Gasteiger partial charge is 0.504 e. The highest BCUT2D eigenvalue weighted by Gasteiger charge is 2.07. The van der Waals surface area contributed by atoms with Gasteiger partial charge in [0.2, 0.25) is 0 Å². The molecule has 1 aromatic rings. The Bertz CT molecular complexity index is 319. The molecule has 0 aromatic heterocycles. The van der Waals surface area contributed by atoms with E-state index in [2.05, 4.69) is 6.58 Å². The number of hydrogen-bond acceptors (Lipinski definition) is 3. The molecule has 0 spiro atoms. The number of rotatable bonds is 2. The van der Waals surface area contributed by atoms with Gasteiger partial charge >= 0.3 is 0 Å². The van der Waals surface area contributed by atoms with Crippen LogP contribution in [0.4, 0.5) is 0 Å². The monoisotopic (exact) mass is 180 g/mol. The molecule has 0 radical (unpaired) electrons. The first-order valence-electron chi connectivity index (χ1n) is 3.89. The molecule has 1 aromatic carbocycles. The second-order valence-corrected chi connectivity index (χ2v) is 3.12.